The zero-order chi connectivity index (χ0) is 23.8. The van der Waals surface area contributed by atoms with Gasteiger partial charge in [-0.05, 0) is 42.7 Å². The van der Waals surface area contributed by atoms with Crippen LogP contribution in [0.3, 0.4) is 0 Å². The zero-order valence-electron chi connectivity index (χ0n) is 18.7. The Morgan fingerprint density at radius 3 is 1.41 bits per heavy atom. The van der Waals surface area contributed by atoms with Crippen molar-refractivity contribution >= 4 is 15.9 Å². The van der Waals surface area contributed by atoms with Crippen molar-refractivity contribution in [3.8, 4) is 22.5 Å². The molecule has 0 saturated heterocycles. The Morgan fingerprint density at radius 1 is 0.588 bits per heavy atom. The highest BCUT2D eigenvalue weighted by Gasteiger charge is 2.31. The minimum Gasteiger partial charge on any atom is -0.297 e. The van der Waals surface area contributed by atoms with Crippen LogP contribution in [0, 0.1) is 13.8 Å². The lowest BCUT2D eigenvalue weighted by Gasteiger charge is -2.18. The summed E-state index contributed by atoms with van der Waals surface area (Å²) in [6.07, 6.45) is 0. The monoisotopic (exact) mass is 514 g/mol. The van der Waals surface area contributed by atoms with Gasteiger partial charge in [-0.3, -0.25) is 30.0 Å². The van der Waals surface area contributed by atoms with Crippen LogP contribution in [0.4, 0.5) is 0 Å². The number of nitrogens with one attached hydrogen (secondary N) is 4. The number of aromatic nitrogens is 4. The third-order valence-corrected chi connectivity index (χ3v) is 6.62. The maximum absolute atomic E-state index is 13.2. The molecule has 0 aliphatic carbocycles. The average molecular weight is 515 g/mol. The Balaban J connectivity index is 1.79. The van der Waals surface area contributed by atoms with Crippen molar-refractivity contribution in [1.82, 2.24) is 20.4 Å². The van der Waals surface area contributed by atoms with Crippen LogP contribution in [0.25, 0.3) is 22.5 Å². The lowest BCUT2D eigenvalue weighted by Crippen LogP contribution is -2.20. The molecule has 0 aliphatic heterocycles. The van der Waals surface area contributed by atoms with E-state index < -0.39 is 5.92 Å². The summed E-state index contributed by atoms with van der Waals surface area (Å²) in [4.78, 5) is 26.5. The van der Waals surface area contributed by atoms with Gasteiger partial charge in [0, 0.05) is 10.4 Å². The maximum Gasteiger partial charge on any atom is 0.268 e. The van der Waals surface area contributed by atoms with Crippen LogP contribution in [-0.4, -0.2) is 20.4 Å². The molecule has 0 radical (unpaired) electrons. The Bertz CT molecular complexity index is 1460. The van der Waals surface area contributed by atoms with E-state index in [0.717, 1.165) is 32.3 Å². The molecule has 5 aromatic rings. The van der Waals surface area contributed by atoms with Gasteiger partial charge in [0.2, 0.25) is 0 Å². The normalized spacial score (nSPS) is 11.3. The van der Waals surface area contributed by atoms with E-state index in [4.69, 9.17) is 0 Å². The van der Waals surface area contributed by atoms with E-state index in [1.54, 1.807) is 0 Å². The summed E-state index contributed by atoms with van der Waals surface area (Å²) in [5.74, 6) is -0.606. The minimum absolute atomic E-state index is 0.265. The second kappa shape index (κ2) is 8.83. The van der Waals surface area contributed by atoms with Gasteiger partial charge in [0.15, 0.2) is 0 Å². The van der Waals surface area contributed by atoms with Gasteiger partial charge in [-0.2, -0.15) is 0 Å². The molecule has 2 aromatic heterocycles. The molecular formula is C27H23BrN4O2. The fraction of sp³-hybridized carbons (Fsp3) is 0.111. The van der Waals surface area contributed by atoms with Crippen molar-refractivity contribution in [2.24, 2.45) is 0 Å². The van der Waals surface area contributed by atoms with Crippen molar-refractivity contribution in [2.75, 3.05) is 0 Å². The Morgan fingerprint density at radius 2 is 1.00 bits per heavy atom. The SMILES string of the molecule is Cc1ccc(-c2[nH][nH]c(=O)c2C(c2ccc(Br)cc2)c2c(-c3ccc(C)cc3)[nH][nH]c2=O)cc1. The molecule has 0 unspecified atom stereocenters. The highest BCUT2D eigenvalue weighted by molar-refractivity contribution is 9.10. The van der Waals surface area contributed by atoms with Gasteiger partial charge in [0.1, 0.15) is 0 Å². The van der Waals surface area contributed by atoms with Crippen molar-refractivity contribution < 1.29 is 0 Å². The molecule has 5 rings (SSSR count). The van der Waals surface area contributed by atoms with Crippen molar-refractivity contribution in [3.05, 3.63) is 126 Å². The van der Waals surface area contributed by atoms with E-state index in [2.05, 4.69) is 36.3 Å². The van der Waals surface area contributed by atoms with E-state index >= 15 is 0 Å². The predicted octanol–water partition coefficient (Wildman–Crippen LogP) is 5.61. The fourth-order valence-electron chi connectivity index (χ4n) is 4.31. The maximum atomic E-state index is 13.2. The second-order valence-electron chi connectivity index (χ2n) is 8.45. The van der Waals surface area contributed by atoms with Crippen LogP contribution >= 0.6 is 15.9 Å². The molecule has 2 heterocycles. The largest absolute Gasteiger partial charge is 0.297 e. The molecule has 0 bridgehead atoms. The molecule has 0 atom stereocenters. The number of benzene rings is 3. The van der Waals surface area contributed by atoms with Gasteiger partial charge in [0.05, 0.1) is 22.5 Å². The Labute approximate surface area is 204 Å². The number of rotatable bonds is 5. The van der Waals surface area contributed by atoms with Crippen LogP contribution in [-0.2, 0) is 0 Å². The number of aromatic amines is 4. The topological polar surface area (TPSA) is 97.3 Å². The molecule has 4 N–H and O–H groups in total. The van der Waals surface area contributed by atoms with Gasteiger partial charge in [0.25, 0.3) is 11.1 Å². The predicted molar refractivity (Wildman–Crippen MR) is 138 cm³/mol. The third-order valence-electron chi connectivity index (χ3n) is 6.09. The van der Waals surface area contributed by atoms with E-state index in [0.29, 0.717) is 22.5 Å². The first-order valence-electron chi connectivity index (χ1n) is 10.9. The number of hydrogen-bond donors (Lipinski definition) is 4. The lowest BCUT2D eigenvalue weighted by molar-refractivity contribution is 0.954. The Kier molecular flexibility index (Phi) is 5.71. The first-order valence-corrected chi connectivity index (χ1v) is 11.7. The van der Waals surface area contributed by atoms with Crippen LogP contribution in [0.2, 0.25) is 0 Å². The van der Waals surface area contributed by atoms with Gasteiger partial charge >= 0.3 is 0 Å². The van der Waals surface area contributed by atoms with Crippen molar-refractivity contribution in [1.29, 1.82) is 0 Å². The van der Waals surface area contributed by atoms with Crippen LogP contribution in [0.5, 0.6) is 0 Å². The summed E-state index contributed by atoms with van der Waals surface area (Å²) in [6, 6.07) is 23.6. The lowest BCUT2D eigenvalue weighted by atomic mass is 9.83. The van der Waals surface area contributed by atoms with Gasteiger partial charge in [-0.1, -0.05) is 87.7 Å². The molecule has 0 aliphatic rings. The fourth-order valence-corrected chi connectivity index (χ4v) is 4.58. The summed E-state index contributed by atoms with van der Waals surface area (Å²) in [5, 5.41) is 11.6. The first-order chi connectivity index (χ1) is 16.4. The smallest absolute Gasteiger partial charge is 0.268 e. The summed E-state index contributed by atoms with van der Waals surface area (Å²) >= 11 is 3.49. The minimum atomic E-state index is -0.606. The van der Waals surface area contributed by atoms with Crippen LogP contribution < -0.4 is 11.1 Å². The van der Waals surface area contributed by atoms with Gasteiger partial charge < -0.3 is 0 Å². The number of H-pyrrole nitrogens is 4. The van der Waals surface area contributed by atoms with E-state index in [9.17, 15) is 9.59 Å². The van der Waals surface area contributed by atoms with Gasteiger partial charge in [-0.25, -0.2) is 0 Å². The highest BCUT2D eigenvalue weighted by atomic mass is 79.9. The molecule has 0 saturated carbocycles. The number of halogens is 1. The van der Waals surface area contributed by atoms with Crippen LogP contribution in [0.15, 0.2) is 86.9 Å². The molecule has 6 nitrogen and oxygen atoms in total. The second-order valence-corrected chi connectivity index (χ2v) is 9.37. The summed E-state index contributed by atoms with van der Waals surface area (Å²) in [7, 11) is 0. The average Bonchev–Trinajstić information content (AvgIpc) is 3.40. The molecule has 170 valence electrons. The van der Waals surface area contributed by atoms with Crippen molar-refractivity contribution in [3.63, 3.8) is 0 Å². The molecule has 34 heavy (non-hydrogen) atoms. The third kappa shape index (κ3) is 3.99. The molecule has 3 aromatic carbocycles. The number of hydrogen-bond acceptors (Lipinski definition) is 2. The molecule has 0 amide bonds. The molecule has 7 heteroatoms. The standard InChI is InChI=1S/C27H23BrN4O2/c1-15-3-7-18(8-4-15)24-22(26(33)31-29-24)21(17-11-13-20(28)14-12-17)23-25(30-32-27(23)34)19-9-5-16(2)6-10-19/h3-14,21H,1-2H3,(H2,29,31,33)(H2,30,32,34). The molecular weight excluding hydrogens is 492 g/mol. The molecule has 0 spiro atoms. The quantitative estimate of drug-likeness (QED) is 0.245. The van der Waals surface area contributed by atoms with E-state index in [1.165, 1.54) is 0 Å². The van der Waals surface area contributed by atoms with E-state index in [1.807, 2.05) is 86.6 Å². The summed E-state index contributed by atoms with van der Waals surface area (Å²) in [6.45, 7) is 4.03. The summed E-state index contributed by atoms with van der Waals surface area (Å²) < 4.78 is 0.915. The Hall–Kier alpha value is -3.84. The first kappa shape index (κ1) is 22.0. The van der Waals surface area contributed by atoms with E-state index in [-0.39, 0.29) is 11.1 Å². The van der Waals surface area contributed by atoms with Crippen LogP contribution in [0.1, 0.15) is 33.7 Å². The zero-order valence-corrected chi connectivity index (χ0v) is 20.3. The summed E-state index contributed by atoms with van der Waals surface area (Å²) in [5.41, 5.74) is 6.58. The highest BCUT2D eigenvalue weighted by Crippen LogP contribution is 2.38. The van der Waals surface area contributed by atoms with Crippen molar-refractivity contribution in [2.45, 2.75) is 19.8 Å². The van der Waals surface area contributed by atoms with Gasteiger partial charge in [-0.15, -0.1) is 0 Å². The molecule has 0 fully saturated rings. The number of aryl methyl sites for hydroxylation is 2.